The molecule has 9 N–H and O–H groups in total. The van der Waals surface area contributed by atoms with E-state index in [0.29, 0.717) is 11.4 Å². The minimum Gasteiger partial charge on any atom is -1.00 e. The van der Waals surface area contributed by atoms with Crippen molar-refractivity contribution in [1.82, 2.24) is 30.6 Å². The van der Waals surface area contributed by atoms with E-state index in [2.05, 4.69) is 40.6 Å². The van der Waals surface area contributed by atoms with Crippen LogP contribution in [0.2, 0.25) is 0 Å². The summed E-state index contributed by atoms with van der Waals surface area (Å²) in [4.78, 5) is 86.8. The zero-order valence-corrected chi connectivity index (χ0v) is 27.8. The van der Waals surface area contributed by atoms with Gasteiger partial charge in [0.15, 0.2) is 11.2 Å². The number of rotatable bonds is 15. The number of benzene rings is 1. The minimum atomic E-state index is -1.53. The Morgan fingerprint density at radius 3 is 2.38 bits per heavy atom. The van der Waals surface area contributed by atoms with Crippen LogP contribution in [0.3, 0.4) is 0 Å². The van der Waals surface area contributed by atoms with E-state index in [1.165, 1.54) is 32.2 Å². The summed E-state index contributed by atoms with van der Waals surface area (Å²) in [6.07, 6.45) is -1.39. The molecular formula is C28H36CaN8O10. The number of nitrogens with two attached hydrogens (primary N) is 1. The minimum absolute atomic E-state index is 0. The maximum absolute atomic E-state index is 12.7. The number of amides is 2. The SMILES string of the molecule is CC(C)(CO)[C@@H](O)C(=O)NCCC(=O)OC(=O)CC[C@H](NC(=O)c1ccc(NCc2cnc3nc(N)[nH]c(=O)c3n2)cc1)C(=O)O.[Ca+2].[H-].[H-]. The normalized spacial score (nSPS) is 12.3. The maximum atomic E-state index is 12.7. The molecule has 0 saturated carbocycles. The predicted molar refractivity (Wildman–Crippen MR) is 168 cm³/mol. The average Bonchev–Trinajstić information content (AvgIpc) is 3.01. The van der Waals surface area contributed by atoms with Crippen molar-refractivity contribution in [1.29, 1.82) is 0 Å². The third-order valence-corrected chi connectivity index (χ3v) is 6.60. The first-order chi connectivity index (χ1) is 21.7. The number of H-pyrrole nitrogens is 1. The molecule has 3 aromatic rings. The van der Waals surface area contributed by atoms with Gasteiger partial charge >= 0.3 is 55.6 Å². The van der Waals surface area contributed by atoms with Crippen molar-refractivity contribution < 1.29 is 46.9 Å². The summed E-state index contributed by atoms with van der Waals surface area (Å²) >= 11 is 0. The van der Waals surface area contributed by atoms with Crippen LogP contribution in [0.15, 0.2) is 35.3 Å². The molecule has 0 aliphatic rings. The number of hydrogen-bond donors (Lipinski definition) is 8. The van der Waals surface area contributed by atoms with Crippen molar-refractivity contribution in [3.05, 3.63) is 52.1 Å². The molecule has 2 atom stereocenters. The van der Waals surface area contributed by atoms with E-state index < -0.39 is 72.3 Å². The molecule has 0 radical (unpaired) electrons. The van der Waals surface area contributed by atoms with Crippen LogP contribution in [0.5, 0.6) is 0 Å². The zero-order chi connectivity index (χ0) is 34.0. The number of nitrogen functional groups attached to an aromatic ring is 1. The Morgan fingerprint density at radius 2 is 1.74 bits per heavy atom. The summed E-state index contributed by atoms with van der Waals surface area (Å²) in [5.41, 5.74) is 5.13. The molecule has 0 aliphatic carbocycles. The molecule has 3 rings (SSSR count). The molecule has 19 heteroatoms. The summed E-state index contributed by atoms with van der Waals surface area (Å²) in [5.74, 6) is -5.05. The topological polar surface area (TPSA) is 289 Å². The molecule has 47 heavy (non-hydrogen) atoms. The van der Waals surface area contributed by atoms with Gasteiger partial charge < -0.3 is 44.6 Å². The van der Waals surface area contributed by atoms with Gasteiger partial charge in [0.2, 0.25) is 11.9 Å². The number of aliphatic carboxylic acids is 1. The Kier molecular flexibility index (Phi) is 14.6. The Bertz CT molecular complexity index is 1680. The molecule has 1 aromatic carbocycles. The van der Waals surface area contributed by atoms with Crippen molar-refractivity contribution in [3.63, 3.8) is 0 Å². The molecular weight excluding hydrogens is 648 g/mol. The molecule has 0 unspecified atom stereocenters. The number of aromatic amines is 1. The molecule has 18 nitrogen and oxygen atoms in total. The monoisotopic (exact) mass is 684 g/mol. The molecule has 2 aromatic heterocycles. The number of carboxylic acid groups (broad SMARTS) is 1. The standard InChI is InChI=1S/C28H34N8O10.Ca.2H/c1-28(2,13-37)21(40)25(43)30-10-9-19(39)46-18(38)8-7-17(26(44)45)34-23(41)14-3-5-15(6-4-14)31-11-16-12-32-22-20(33-16)24(42)36-27(29)35-22;;;/h3-6,12,17,21,31,37,40H,7-11,13H2,1-2H3,(H,30,43)(H,34,41)(H,44,45)(H3,29,32,35,36,42);;;/q;+2;2*-1/t17-,21-;;;/m0.../s1. The Morgan fingerprint density at radius 1 is 1.09 bits per heavy atom. The molecule has 0 spiro atoms. The number of esters is 2. The summed E-state index contributed by atoms with van der Waals surface area (Å²) in [5, 5.41) is 36.3. The first-order valence-corrected chi connectivity index (χ1v) is 13.9. The largest absolute Gasteiger partial charge is 2.00 e. The zero-order valence-electron chi connectivity index (χ0n) is 27.6. The fourth-order valence-corrected chi connectivity index (χ4v) is 3.80. The number of aliphatic hydroxyl groups excluding tert-OH is 2. The van der Waals surface area contributed by atoms with Gasteiger partial charge in [-0.2, -0.15) is 4.98 Å². The first-order valence-electron chi connectivity index (χ1n) is 13.9. The fraction of sp³-hybridized carbons (Fsp3) is 0.393. The summed E-state index contributed by atoms with van der Waals surface area (Å²) in [6.45, 7) is 2.42. The van der Waals surface area contributed by atoms with Crippen molar-refractivity contribution in [3.8, 4) is 0 Å². The number of nitrogens with zero attached hydrogens (tertiary/aromatic N) is 3. The van der Waals surface area contributed by atoms with Gasteiger partial charge in [-0.3, -0.25) is 29.0 Å². The maximum Gasteiger partial charge on any atom is 2.00 e. The molecule has 2 heterocycles. The number of anilines is 2. The number of carboxylic acids is 1. The van der Waals surface area contributed by atoms with Crippen molar-refractivity contribution >= 4 is 90.3 Å². The summed E-state index contributed by atoms with van der Waals surface area (Å²) < 4.78 is 4.62. The first kappa shape index (κ1) is 39.0. The van der Waals surface area contributed by atoms with Crippen molar-refractivity contribution in [2.75, 3.05) is 24.2 Å². The van der Waals surface area contributed by atoms with Crippen LogP contribution in [0.25, 0.3) is 11.2 Å². The molecule has 0 fully saturated rings. The van der Waals surface area contributed by atoms with Gasteiger partial charge in [-0.1, -0.05) is 13.8 Å². The van der Waals surface area contributed by atoms with Crippen LogP contribution in [0.4, 0.5) is 11.6 Å². The molecule has 250 valence electrons. The number of aliphatic hydroxyl groups is 2. The van der Waals surface area contributed by atoms with Gasteiger partial charge in [-0.15, -0.1) is 0 Å². The van der Waals surface area contributed by atoms with Crippen LogP contribution in [-0.2, 0) is 30.5 Å². The number of carbonyl (C=O) groups excluding carboxylic acids is 4. The molecule has 0 bridgehead atoms. The second kappa shape index (κ2) is 17.6. The van der Waals surface area contributed by atoms with E-state index in [4.69, 9.17) is 5.73 Å². The third kappa shape index (κ3) is 11.5. The Hall–Kier alpha value is -4.23. The molecule has 2 amide bonds. The van der Waals surface area contributed by atoms with Gasteiger partial charge in [0.05, 0.1) is 31.5 Å². The average molecular weight is 685 g/mol. The number of hydrogen-bond acceptors (Lipinski definition) is 14. The van der Waals surface area contributed by atoms with Gasteiger partial charge in [-0.05, 0) is 30.7 Å². The quantitative estimate of drug-likeness (QED) is 0.0523. The fourth-order valence-electron chi connectivity index (χ4n) is 3.80. The van der Waals surface area contributed by atoms with E-state index in [1.807, 2.05) is 0 Å². The third-order valence-electron chi connectivity index (χ3n) is 6.60. The Labute approximate surface area is 299 Å². The van der Waals surface area contributed by atoms with E-state index in [9.17, 15) is 44.1 Å². The van der Waals surface area contributed by atoms with Crippen LogP contribution in [-0.4, -0.2) is 128 Å². The number of carbonyl (C=O) groups is 5. The number of ether oxygens (including phenoxy) is 1. The molecule has 0 aliphatic heterocycles. The summed E-state index contributed by atoms with van der Waals surface area (Å²) in [6, 6.07) is 4.54. The van der Waals surface area contributed by atoms with Crippen molar-refractivity contribution in [2.45, 2.75) is 51.8 Å². The number of nitrogens with one attached hydrogen (secondary N) is 4. The number of fused-ring (bicyclic) bond motifs is 1. The van der Waals surface area contributed by atoms with Gasteiger partial charge in [-0.25, -0.2) is 14.8 Å². The Balaban J connectivity index is 0.00000768. The van der Waals surface area contributed by atoms with E-state index in [-0.39, 0.29) is 82.8 Å². The second-order valence-electron chi connectivity index (χ2n) is 10.8. The van der Waals surface area contributed by atoms with Gasteiger partial charge in [0, 0.05) is 29.6 Å². The molecule has 0 saturated heterocycles. The van der Waals surface area contributed by atoms with E-state index >= 15 is 0 Å². The van der Waals surface area contributed by atoms with Crippen molar-refractivity contribution in [2.24, 2.45) is 5.41 Å². The van der Waals surface area contributed by atoms with Crippen LogP contribution >= 0.6 is 0 Å². The number of aromatic nitrogens is 4. The summed E-state index contributed by atoms with van der Waals surface area (Å²) in [7, 11) is 0. The van der Waals surface area contributed by atoms with Gasteiger partial charge in [0.25, 0.3) is 11.5 Å². The van der Waals surface area contributed by atoms with E-state index in [1.54, 1.807) is 12.1 Å². The smallest absolute Gasteiger partial charge is 1.00 e. The van der Waals surface area contributed by atoms with Crippen LogP contribution < -0.4 is 27.2 Å². The van der Waals surface area contributed by atoms with Gasteiger partial charge in [0.1, 0.15) is 12.1 Å². The van der Waals surface area contributed by atoms with Crippen LogP contribution in [0.1, 0.15) is 52.0 Å². The predicted octanol–water partition coefficient (Wildman–Crippen LogP) is -1.33. The van der Waals surface area contributed by atoms with Crippen LogP contribution in [0, 0.1) is 5.41 Å². The second-order valence-corrected chi connectivity index (χ2v) is 10.8. The van der Waals surface area contributed by atoms with E-state index in [0.717, 1.165) is 0 Å².